The summed E-state index contributed by atoms with van der Waals surface area (Å²) in [5.41, 5.74) is 4.07. The standard InChI is InChI=1S/C29H23P/c1-3-15-25(16-4-1)30(26-17-5-2-6-18-26)22-24-13-8-10-20-28(24)29-21-11-14-23-12-7-9-19-27(23)29/h1-21H,22H2. The Kier molecular flexibility index (Phi) is 5.42. The number of fused-ring (bicyclic) bond motifs is 1. The SMILES string of the molecule is c1ccc(P(Cc2ccccc2-c2cccc3ccccc23)c2ccccc2)cc1. The second-order valence-corrected chi connectivity index (χ2v) is 9.65. The van der Waals surface area contributed by atoms with E-state index in [1.807, 2.05) is 0 Å². The first-order chi connectivity index (χ1) is 14.9. The molecular weight excluding hydrogens is 379 g/mol. The van der Waals surface area contributed by atoms with Crippen molar-refractivity contribution in [3.63, 3.8) is 0 Å². The third-order valence-electron chi connectivity index (χ3n) is 5.56. The molecule has 0 saturated heterocycles. The van der Waals surface area contributed by atoms with E-state index in [1.165, 1.54) is 38.1 Å². The molecule has 30 heavy (non-hydrogen) atoms. The summed E-state index contributed by atoms with van der Waals surface area (Å²) in [7, 11) is -0.477. The fourth-order valence-corrected chi connectivity index (χ4v) is 6.44. The highest BCUT2D eigenvalue weighted by Crippen LogP contribution is 2.41. The predicted octanol–water partition coefficient (Wildman–Crippen LogP) is 7.14. The van der Waals surface area contributed by atoms with Crippen LogP contribution in [0.25, 0.3) is 21.9 Å². The second kappa shape index (κ2) is 8.66. The van der Waals surface area contributed by atoms with Crippen molar-refractivity contribution in [2.75, 3.05) is 0 Å². The van der Waals surface area contributed by atoms with Crippen LogP contribution in [0.4, 0.5) is 0 Å². The van der Waals surface area contributed by atoms with E-state index >= 15 is 0 Å². The normalized spacial score (nSPS) is 11.1. The third kappa shape index (κ3) is 3.80. The van der Waals surface area contributed by atoms with Gasteiger partial charge >= 0.3 is 0 Å². The van der Waals surface area contributed by atoms with E-state index in [4.69, 9.17) is 0 Å². The van der Waals surface area contributed by atoms with Crippen molar-refractivity contribution in [3.8, 4) is 11.1 Å². The summed E-state index contributed by atoms with van der Waals surface area (Å²) in [5.74, 6) is 0. The first kappa shape index (κ1) is 18.8. The summed E-state index contributed by atoms with van der Waals surface area (Å²) >= 11 is 0. The fourth-order valence-electron chi connectivity index (χ4n) is 4.10. The quantitative estimate of drug-likeness (QED) is 0.274. The molecule has 0 radical (unpaired) electrons. The minimum Gasteiger partial charge on any atom is -0.0622 e. The maximum atomic E-state index is 2.30. The topological polar surface area (TPSA) is 0 Å². The van der Waals surface area contributed by atoms with E-state index in [2.05, 4.69) is 127 Å². The van der Waals surface area contributed by atoms with Gasteiger partial charge in [0.1, 0.15) is 0 Å². The highest BCUT2D eigenvalue weighted by atomic mass is 31.1. The lowest BCUT2D eigenvalue weighted by Gasteiger charge is -2.21. The summed E-state index contributed by atoms with van der Waals surface area (Å²) in [5, 5.41) is 5.45. The van der Waals surface area contributed by atoms with Gasteiger partial charge < -0.3 is 0 Å². The van der Waals surface area contributed by atoms with Crippen LogP contribution in [0, 0.1) is 0 Å². The molecule has 0 saturated carbocycles. The molecule has 0 bridgehead atoms. The predicted molar refractivity (Wildman–Crippen MR) is 132 cm³/mol. The molecule has 0 spiro atoms. The van der Waals surface area contributed by atoms with E-state index in [9.17, 15) is 0 Å². The van der Waals surface area contributed by atoms with Crippen LogP contribution in [0.1, 0.15) is 5.56 Å². The minimum atomic E-state index is -0.477. The van der Waals surface area contributed by atoms with Gasteiger partial charge in [-0.15, -0.1) is 0 Å². The van der Waals surface area contributed by atoms with Crippen LogP contribution in [0.5, 0.6) is 0 Å². The molecule has 0 N–H and O–H groups in total. The molecule has 0 aliphatic rings. The molecule has 144 valence electrons. The van der Waals surface area contributed by atoms with E-state index in [-0.39, 0.29) is 0 Å². The first-order valence-electron chi connectivity index (χ1n) is 10.3. The molecule has 0 nitrogen and oxygen atoms in total. The van der Waals surface area contributed by atoms with Crippen molar-refractivity contribution < 1.29 is 0 Å². The van der Waals surface area contributed by atoms with Gasteiger partial charge in [0.2, 0.25) is 0 Å². The van der Waals surface area contributed by atoms with Crippen molar-refractivity contribution in [1.29, 1.82) is 0 Å². The van der Waals surface area contributed by atoms with E-state index in [0.717, 1.165) is 6.16 Å². The van der Waals surface area contributed by atoms with Gasteiger partial charge in [0.25, 0.3) is 0 Å². The van der Waals surface area contributed by atoms with Gasteiger partial charge in [0.05, 0.1) is 0 Å². The summed E-state index contributed by atoms with van der Waals surface area (Å²) < 4.78 is 0. The van der Waals surface area contributed by atoms with E-state index in [0.29, 0.717) is 0 Å². The van der Waals surface area contributed by atoms with Crippen LogP contribution < -0.4 is 10.6 Å². The molecule has 0 unspecified atom stereocenters. The van der Waals surface area contributed by atoms with Crippen molar-refractivity contribution in [2.24, 2.45) is 0 Å². The lowest BCUT2D eigenvalue weighted by atomic mass is 9.95. The second-order valence-electron chi connectivity index (χ2n) is 7.44. The number of rotatable bonds is 5. The number of hydrogen-bond acceptors (Lipinski definition) is 0. The summed E-state index contributed by atoms with van der Waals surface area (Å²) in [6.07, 6.45) is 1.03. The van der Waals surface area contributed by atoms with Crippen LogP contribution in [0.2, 0.25) is 0 Å². The van der Waals surface area contributed by atoms with Crippen molar-refractivity contribution in [2.45, 2.75) is 6.16 Å². The number of hydrogen-bond donors (Lipinski definition) is 0. The van der Waals surface area contributed by atoms with E-state index in [1.54, 1.807) is 0 Å². The maximum absolute atomic E-state index is 2.30. The average molecular weight is 402 g/mol. The zero-order valence-electron chi connectivity index (χ0n) is 16.8. The van der Waals surface area contributed by atoms with Gasteiger partial charge in [-0.3, -0.25) is 0 Å². The monoisotopic (exact) mass is 402 g/mol. The summed E-state index contributed by atoms with van der Waals surface area (Å²) in [6, 6.07) is 46.2. The van der Waals surface area contributed by atoms with Crippen molar-refractivity contribution in [3.05, 3.63) is 133 Å². The molecule has 1 heteroatoms. The molecule has 0 amide bonds. The molecule has 0 aliphatic heterocycles. The molecule has 0 atom stereocenters. The van der Waals surface area contributed by atoms with Gasteiger partial charge in [-0.25, -0.2) is 0 Å². The van der Waals surface area contributed by atoms with Crippen LogP contribution in [0.15, 0.2) is 127 Å². The minimum absolute atomic E-state index is 0.477. The largest absolute Gasteiger partial charge is 0.0622 e. The smallest absolute Gasteiger partial charge is 0.00136 e. The van der Waals surface area contributed by atoms with Crippen LogP contribution >= 0.6 is 7.92 Å². The van der Waals surface area contributed by atoms with E-state index < -0.39 is 7.92 Å². The maximum Gasteiger partial charge on any atom is 0.00136 e. The Balaban J connectivity index is 1.63. The Morgan fingerprint density at radius 3 is 1.70 bits per heavy atom. The Bertz CT molecular complexity index is 1210. The van der Waals surface area contributed by atoms with Gasteiger partial charge in [-0.2, -0.15) is 0 Å². The molecular formula is C29H23P. The van der Waals surface area contributed by atoms with Crippen molar-refractivity contribution in [1.82, 2.24) is 0 Å². The Labute approximate surface area is 179 Å². The molecule has 5 aromatic rings. The first-order valence-corrected chi connectivity index (χ1v) is 11.9. The Morgan fingerprint density at radius 1 is 0.433 bits per heavy atom. The van der Waals surface area contributed by atoms with Crippen LogP contribution in [0.3, 0.4) is 0 Å². The zero-order chi connectivity index (χ0) is 20.2. The third-order valence-corrected chi connectivity index (χ3v) is 8.06. The van der Waals surface area contributed by atoms with Gasteiger partial charge in [0.15, 0.2) is 0 Å². The lowest BCUT2D eigenvalue weighted by Crippen LogP contribution is -2.13. The number of benzene rings is 5. The lowest BCUT2D eigenvalue weighted by molar-refractivity contribution is 1.40. The molecule has 0 fully saturated rings. The highest BCUT2D eigenvalue weighted by molar-refractivity contribution is 7.72. The zero-order valence-corrected chi connectivity index (χ0v) is 17.7. The highest BCUT2D eigenvalue weighted by Gasteiger charge is 2.17. The van der Waals surface area contributed by atoms with Crippen LogP contribution in [-0.4, -0.2) is 0 Å². The van der Waals surface area contributed by atoms with Gasteiger partial charge in [-0.1, -0.05) is 127 Å². The Hall–Kier alpha value is -3.21. The molecule has 5 aromatic carbocycles. The summed E-state index contributed by atoms with van der Waals surface area (Å²) in [4.78, 5) is 0. The van der Waals surface area contributed by atoms with Crippen molar-refractivity contribution >= 4 is 29.3 Å². The summed E-state index contributed by atoms with van der Waals surface area (Å²) in [6.45, 7) is 0. The fraction of sp³-hybridized carbons (Fsp3) is 0.0345. The van der Waals surface area contributed by atoms with Crippen LogP contribution in [-0.2, 0) is 6.16 Å². The molecule has 0 aliphatic carbocycles. The van der Waals surface area contributed by atoms with Gasteiger partial charge in [0, 0.05) is 6.16 Å². The molecule has 0 heterocycles. The molecule has 0 aromatic heterocycles. The van der Waals surface area contributed by atoms with Gasteiger partial charge in [-0.05, 0) is 46.0 Å². The molecule has 5 rings (SSSR count). The Morgan fingerprint density at radius 2 is 0.967 bits per heavy atom. The average Bonchev–Trinajstić information content (AvgIpc) is 2.83.